The Kier molecular flexibility index (Phi) is 5.88. The molecule has 1 heterocycles. The lowest BCUT2D eigenvalue weighted by atomic mass is 9.88. The zero-order valence-corrected chi connectivity index (χ0v) is 17.6. The van der Waals surface area contributed by atoms with Gasteiger partial charge in [-0.2, -0.15) is 0 Å². The van der Waals surface area contributed by atoms with E-state index in [1.54, 1.807) is 12.0 Å². The summed E-state index contributed by atoms with van der Waals surface area (Å²) in [7, 11) is 1.60. The number of nitrogens with one attached hydrogen (secondary N) is 1. The molecule has 0 unspecified atom stereocenters. The number of fused-ring (bicyclic) bond motifs is 1. The number of para-hydroxylation sites is 2. The maximum atomic E-state index is 13.5. The number of aromatic nitrogens is 1. The highest BCUT2D eigenvalue weighted by Crippen LogP contribution is 2.33. The van der Waals surface area contributed by atoms with Crippen LogP contribution < -0.4 is 15.2 Å². The largest absolute Gasteiger partial charge is 0.495 e. The predicted molar refractivity (Wildman–Crippen MR) is 120 cm³/mol. The van der Waals surface area contributed by atoms with Crippen LogP contribution in [0.2, 0.25) is 0 Å². The number of hydrogen-bond acceptors (Lipinski definition) is 3. The molecular weight excluding hydrogens is 376 g/mol. The van der Waals surface area contributed by atoms with Crippen LogP contribution in [-0.2, 0) is 11.3 Å². The second-order valence-electron chi connectivity index (χ2n) is 8.15. The summed E-state index contributed by atoms with van der Waals surface area (Å²) in [5, 5.41) is 0.959. The van der Waals surface area contributed by atoms with E-state index in [4.69, 9.17) is 4.74 Å². The fourth-order valence-corrected chi connectivity index (χ4v) is 4.35. The second-order valence-corrected chi connectivity index (χ2v) is 8.15. The minimum Gasteiger partial charge on any atom is -0.495 e. The van der Waals surface area contributed by atoms with Gasteiger partial charge >= 0.3 is 0 Å². The Labute approximate surface area is 176 Å². The Morgan fingerprint density at radius 1 is 1.10 bits per heavy atom. The van der Waals surface area contributed by atoms with Crippen LogP contribution in [0.4, 0.5) is 5.69 Å². The highest BCUT2D eigenvalue weighted by molar-refractivity contribution is 5.96. The number of carbonyl (C=O) groups is 1. The normalized spacial score (nSPS) is 14.6. The Hall–Kier alpha value is -3.08. The lowest BCUT2D eigenvalue weighted by Gasteiger charge is -2.30. The van der Waals surface area contributed by atoms with Crippen molar-refractivity contribution in [1.29, 1.82) is 0 Å². The average Bonchev–Trinajstić information content (AvgIpc) is 2.78. The summed E-state index contributed by atoms with van der Waals surface area (Å²) in [6.07, 6.45) is 5.13. The van der Waals surface area contributed by atoms with Crippen LogP contribution in [0.5, 0.6) is 5.75 Å². The molecule has 1 saturated carbocycles. The van der Waals surface area contributed by atoms with Gasteiger partial charge in [0.15, 0.2) is 0 Å². The smallest absolute Gasteiger partial charge is 0.253 e. The van der Waals surface area contributed by atoms with Crippen LogP contribution in [0, 0.1) is 12.8 Å². The molecule has 4 rings (SSSR count). The van der Waals surface area contributed by atoms with Gasteiger partial charge in [-0.1, -0.05) is 43.5 Å². The van der Waals surface area contributed by atoms with E-state index < -0.39 is 0 Å². The number of rotatable bonds is 5. The van der Waals surface area contributed by atoms with Crippen molar-refractivity contribution in [3.63, 3.8) is 0 Å². The van der Waals surface area contributed by atoms with E-state index in [1.807, 2.05) is 55.5 Å². The van der Waals surface area contributed by atoms with Crippen molar-refractivity contribution < 1.29 is 9.53 Å². The number of nitrogens with zero attached hydrogens (tertiary/aromatic N) is 1. The lowest BCUT2D eigenvalue weighted by molar-refractivity contribution is -0.123. The molecule has 1 aromatic heterocycles. The average molecular weight is 405 g/mol. The topological polar surface area (TPSA) is 62.4 Å². The molecule has 0 atom stereocenters. The molecule has 0 aliphatic heterocycles. The van der Waals surface area contributed by atoms with Crippen LogP contribution in [0.25, 0.3) is 10.9 Å². The monoisotopic (exact) mass is 404 g/mol. The minimum absolute atomic E-state index is 0.00847. The van der Waals surface area contributed by atoms with Gasteiger partial charge in [-0.05, 0) is 55.0 Å². The van der Waals surface area contributed by atoms with E-state index in [2.05, 4.69) is 4.98 Å². The maximum Gasteiger partial charge on any atom is 0.253 e. The quantitative estimate of drug-likeness (QED) is 0.654. The summed E-state index contributed by atoms with van der Waals surface area (Å²) in [5.74, 6) is 0.697. The van der Waals surface area contributed by atoms with Gasteiger partial charge < -0.3 is 14.6 Å². The fourth-order valence-electron chi connectivity index (χ4n) is 4.35. The molecule has 0 spiro atoms. The van der Waals surface area contributed by atoms with Crippen LogP contribution in [-0.4, -0.2) is 18.0 Å². The van der Waals surface area contributed by atoms with E-state index in [-0.39, 0.29) is 23.9 Å². The van der Waals surface area contributed by atoms with Gasteiger partial charge in [0.1, 0.15) is 5.75 Å². The molecule has 0 saturated heterocycles. The number of aryl methyl sites for hydroxylation is 1. The summed E-state index contributed by atoms with van der Waals surface area (Å²) < 4.78 is 5.54. The van der Waals surface area contributed by atoms with E-state index in [9.17, 15) is 9.59 Å². The van der Waals surface area contributed by atoms with Crippen molar-refractivity contribution in [2.75, 3.05) is 12.0 Å². The predicted octanol–water partition coefficient (Wildman–Crippen LogP) is 4.96. The van der Waals surface area contributed by atoms with Crippen molar-refractivity contribution in [3.05, 3.63) is 70.0 Å². The molecule has 5 nitrogen and oxygen atoms in total. The molecular formula is C25H28N2O3. The number of aromatic amines is 1. The standard InChI is InChI=1S/C25H28N2O3/c1-17-12-13-19-15-20(24(28)26-21(19)14-17)16-27(22-10-6-7-11-23(22)30-2)25(29)18-8-4-3-5-9-18/h6-7,10-15,18H,3-5,8-9,16H2,1-2H3,(H,26,28). The summed E-state index contributed by atoms with van der Waals surface area (Å²) in [4.78, 5) is 31.1. The third-order valence-electron chi connectivity index (χ3n) is 6.00. The lowest BCUT2D eigenvalue weighted by Crippen LogP contribution is -2.38. The molecule has 156 valence electrons. The third kappa shape index (κ3) is 4.11. The van der Waals surface area contributed by atoms with Crippen LogP contribution >= 0.6 is 0 Å². The van der Waals surface area contributed by atoms with Crippen molar-refractivity contribution >= 4 is 22.5 Å². The second kappa shape index (κ2) is 8.74. The number of carbonyl (C=O) groups excluding carboxylic acids is 1. The third-order valence-corrected chi connectivity index (χ3v) is 6.00. The van der Waals surface area contributed by atoms with Gasteiger partial charge in [0.25, 0.3) is 5.56 Å². The highest BCUT2D eigenvalue weighted by atomic mass is 16.5. The summed E-state index contributed by atoms with van der Waals surface area (Å²) in [6.45, 7) is 2.22. The van der Waals surface area contributed by atoms with Crippen molar-refractivity contribution in [3.8, 4) is 5.75 Å². The minimum atomic E-state index is -0.163. The number of ether oxygens (including phenoxy) is 1. The van der Waals surface area contributed by atoms with Crippen LogP contribution in [0.15, 0.2) is 53.3 Å². The molecule has 1 aliphatic carbocycles. The van der Waals surface area contributed by atoms with Crippen molar-refractivity contribution in [2.45, 2.75) is 45.6 Å². The zero-order chi connectivity index (χ0) is 21.1. The van der Waals surface area contributed by atoms with E-state index in [0.29, 0.717) is 17.0 Å². The van der Waals surface area contributed by atoms with Crippen molar-refractivity contribution in [2.24, 2.45) is 5.92 Å². The number of anilines is 1. The molecule has 30 heavy (non-hydrogen) atoms. The zero-order valence-electron chi connectivity index (χ0n) is 17.6. The van der Waals surface area contributed by atoms with Crippen LogP contribution in [0.3, 0.4) is 0 Å². The van der Waals surface area contributed by atoms with Gasteiger partial charge in [-0.3, -0.25) is 9.59 Å². The first-order chi connectivity index (χ1) is 14.6. The van der Waals surface area contributed by atoms with E-state index in [1.165, 1.54) is 6.42 Å². The number of methoxy groups -OCH3 is 1. The van der Waals surface area contributed by atoms with Gasteiger partial charge in [0.2, 0.25) is 5.91 Å². The molecule has 1 N–H and O–H groups in total. The van der Waals surface area contributed by atoms with Crippen molar-refractivity contribution in [1.82, 2.24) is 4.98 Å². The summed E-state index contributed by atoms with van der Waals surface area (Å²) >= 11 is 0. The molecule has 0 bridgehead atoms. The van der Waals surface area contributed by atoms with Gasteiger partial charge in [0.05, 0.1) is 19.3 Å². The first-order valence-corrected chi connectivity index (χ1v) is 10.6. The van der Waals surface area contributed by atoms with Gasteiger partial charge in [0, 0.05) is 17.0 Å². The SMILES string of the molecule is COc1ccccc1N(Cc1cc2ccc(C)cc2[nH]c1=O)C(=O)C1CCCCC1. The first-order valence-electron chi connectivity index (χ1n) is 10.6. The number of benzene rings is 2. The Morgan fingerprint density at radius 2 is 1.87 bits per heavy atom. The molecule has 2 aromatic carbocycles. The number of amides is 1. The molecule has 0 radical (unpaired) electrons. The van der Waals surface area contributed by atoms with E-state index in [0.717, 1.165) is 42.1 Å². The number of H-pyrrole nitrogens is 1. The Morgan fingerprint density at radius 3 is 2.63 bits per heavy atom. The molecule has 3 aromatic rings. The molecule has 1 aliphatic rings. The Balaban J connectivity index is 1.75. The summed E-state index contributed by atoms with van der Waals surface area (Å²) in [5.41, 5.74) is 3.02. The first kappa shape index (κ1) is 20.2. The number of hydrogen-bond donors (Lipinski definition) is 1. The Bertz CT molecular complexity index is 1110. The van der Waals surface area contributed by atoms with Gasteiger partial charge in [-0.25, -0.2) is 0 Å². The van der Waals surface area contributed by atoms with E-state index >= 15 is 0 Å². The fraction of sp³-hybridized carbons (Fsp3) is 0.360. The maximum absolute atomic E-state index is 13.5. The van der Waals surface area contributed by atoms with Gasteiger partial charge in [-0.15, -0.1) is 0 Å². The molecule has 5 heteroatoms. The number of pyridine rings is 1. The van der Waals surface area contributed by atoms with Crippen LogP contribution in [0.1, 0.15) is 43.2 Å². The molecule has 1 fully saturated rings. The molecule has 1 amide bonds. The highest BCUT2D eigenvalue weighted by Gasteiger charge is 2.29. The summed E-state index contributed by atoms with van der Waals surface area (Å²) in [6, 6.07) is 15.4.